The lowest BCUT2D eigenvalue weighted by Gasteiger charge is -2.16. The van der Waals surface area contributed by atoms with Crippen LogP contribution in [0, 0.1) is 0 Å². The predicted molar refractivity (Wildman–Crippen MR) is 97.1 cm³/mol. The van der Waals surface area contributed by atoms with Crippen LogP contribution in [0.5, 0.6) is 0 Å². The first-order chi connectivity index (χ1) is 11.9. The van der Waals surface area contributed by atoms with E-state index in [4.69, 9.17) is 11.6 Å². The molecule has 1 aromatic heterocycles. The minimum absolute atomic E-state index is 0.147. The number of hydrogen-bond acceptors (Lipinski definition) is 4. The monoisotopic (exact) mass is 374 g/mol. The van der Waals surface area contributed by atoms with E-state index in [1.807, 2.05) is 6.07 Å². The fraction of sp³-hybridized carbons (Fsp3) is 0.167. The van der Waals surface area contributed by atoms with E-state index >= 15 is 0 Å². The van der Waals surface area contributed by atoms with Crippen LogP contribution in [0.1, 0.15) is 36.0 Å². The molecule has 7 heteroatoms. The van der Waals surface area contributed by atoms with Crippen molar-refractivity contribution >= 4 is 40.7 Å². The minimum Gasteiger partial charge on any atom is -0.337 e. The lowest BCUT2D eigenvalue weighted by Crippen LogP contribution is -2.29. The molecule has 2 aromatic rings. The molecule has 25 heavy (non-hydrogen) atoms. The van der Waals surface area contributed by atoms with E-state index < -0.39 is 5.91 Å². The number of amides is 3. The first-order valence-electron chi connectivity index (χ1n) is 7.53. The summed E-state index contributed by atoms with van der Waals surface area (Å²) in [5.74, 6) is -0.988. The summed E-state index contributed by atoms with van der Waals surface area (Å²) < 4.78 is 0.666. The van der Waals surface area contributed by atoms with Crippen LogP contribution in [-0.4, -0.2) is 41.1 Å². The normalized spacial score (nSPS) is 13.1. The van der Waals surface area contributed by atoms with Crippen LogP contribution < -0.4 is 0 Å². The van der Waals surface area contributed by atoms with E-state index in [-0.39, 0.29) is 23.9 Å². The molecule has 0 spiro atoms. The topological polar surface area (TPSA) is 57.7 Å². The van der Waals surface area contributed by atoms with Crippen molar-refractivity contribution in [3.8, 4) is 0 Å². The number of hydrogen-bond donors (Lipinski definition) is 0. The zero-order valence-electron chi connectivity index (χ0n) is 13.5. The Hall–Kier alpha value is -2.44. The zero-order chi connectivity index (χ0) is 18.1. The van der Waals surface area contributed by atoms with E-state index in [0.29, 0.717) is 22.0 Å². The Labute approximate surface area is 154 Å². The fourth-order valence-electron chi connectivity index (χ4n) is 2.68. The van der Waals surface area contributed by atoms with E-state index in [9.17, 15) is 14.4 Å². The van der Waals surface area contributed by atoms with Gasteiger partial charge in [-0.3, -0.25) is 19.3 Å². The highest BCUT2D eigenvalue weighted by atomic mass is 35.5. The SMILES string of the molecule is C=CCN1C(=O)c2ccc(C(=O)N(C)Cc3ccc(Cl)s3)cc2C1=O. The van der Waals surface area contributed by atoms with Crippen LogP contribution in [-0.2, 0) is 6.54 Å². The molecular weight excluding hydrogens is 360 g/mol. The molecule has 0 bridgehead atoms. The first kappa shape index (κ1) is 17.4. The Balaban J connectivity index is 1.83. The van der Waals surface area contributed by atoms with Gasteiger partial charge in [0.15, 0.2) is 0 Å². The maximum absolute atomic E-state index is 12.6. The number of thiophene rings is 1. The predicted octanol–water partition coefficient (Wildman–Crippen LogP) is 3.46. The molecule has 0 fully saturated rings. The zero-order valence-corrected chi connectivity index (χ0v) is 15.1. The standard InChI is InChI=1S/C18H15ClN2O3S/c1-3-8-21-17(23)13-6-4-11(9-14(13)18(21)24)16(22)20(2)10-12-5-7-15(19)25-12/h3-7,9H,1,8,10H2,2H3. The second-order valence-electron chi connectivity index (χ2n) is 5.64. The quantitative estimate of drug-likeness (QED) is 0.595. The van der Waals surface area contributed by atoms with Gasteiger partial charge in [-0.2, -0.15) is 0 Å². The van der Waals surface area contributed by atoms with Gasteiger partial charge in [0.25, 0.3) is 17.7 Å². The number of imide groups is 1. The van der Waals surface area contributed by atoms with Crippen molar-refractivity contribution in [3.63, 3.8) is 0 Å². The summed E-state index contributed by atoms with van der Waals surface area (Å²) in [6.45, 7) is 4.12. The molecular formula is C18H15ClN2O3S. The third-order valence-electron chi connectivity index (χ3n) is 3.90. The highest BCUT2D eigenvalue weighted by molar-refractivity contribution is 7.16. The van der Waals surface area contributed by atoms with Crippen LogP contribution in [0.3, 0.4) is 0 Å². The largest absolute Gasteiger partial charge is 0.337 e. The van der Waals surface area contributed by atoms with Gasteiger partial charge in [0, 0.05) is 24.0 Å². The Morgan fingerprint density at radius 2 is 1.96 bits per heavy atom. The Kier molecular flexibility index (Phi) is 4.74. The van der Waals surface area contributed by atoms with Crippen LogP contribution in [0.4, 0.5) is 0 Å². The van der Waals surface area contributed by atoms with Crippen LogP contribution in [0.15, 0.2) is 43.0 Å². The Morgan fingerprint density at radius 3 is 2.60 bits per heavy atom. The molecule has 128 valence electrons. The first-order valence-corrected chi connectivity index (χ1v) is 8.72. The van der Waals surface area contributed by atoms with Crippen molar-refractivity contribution in [2.45, 2.75) is 6.54 Å². The third-order valence-corrected chi connectivity index (χ3v) is 5.11. The summed E-state index contributed by atoms with van der Waals surface area (Å²) >= 11 is 7.32. The average molecular weight is 375 g/mol. The van der Waals surface area contributed by atoms with Gasteiger partial charge < -0.3 is 4.90 Å². The van der Waals surface area contributed by atoms with Crippen LogP contribution in [0.25, 0.3) is 0 Å². The highest BCUT2D eigenvalue weighted by Gasteiger charge is 2.35. The van der Waals surface area contributed by atoms with E-state index in [1.54, 1.807) is 24.1 Å². The molecule has 0 unspecified atom stereocenters. The molecule has 0 aliphatic carbocycles. The smallest absolute Gasteiger partial charge is 0.261 e. The number of fused-ring (bicyclic) bond motifs is 1. The lowest BCUT2D eigenvalue weighted by molar-refractivity contribution is 0.0671. The van der Waals surface area contributed by atoms with Gasteiger partial charge in [0.05, 0.1) is 22.0 Å². The van der Waals surface area contributed by atoms with Gasteiger partial charge >= 0.3 is 0 Å². The summed E-state index contributed by atoms with van der Waals surface area (Å²) in [6.07, 6.45) is 1.49. The van der Waals surface area contributed by atoms with Crippen LogP contribution >= 0.6 is 22.9 Å². The molecule has 0 N–H and O–H groups in total. The van der Waals surface area contributed by atoms with Gasteiger partial charge in [-0.25, -0.2) is 0 Å². The molecule has 2 heterocycles. The molecule has 5 nitrogen and oxygen atoms in total. The van der Waals surface area contributed by atoms with Crippen molar-refractivity contribution < 1.29 is 14.4 Å². The van der Waals surface area contributed by atoms with E-state index in [2.05, 4.69) is 6.58 Å². The van der Waals surface area contributed by atoms with E-state index in [1.165, 1.54) is 29.5 Å². The summed E-state index contributed by atoms with van der Waals surface area (Å²) in [7, 11) is 1.68. The average Bonchev–Trinajstić information content (AvgIpc) is 3.10. The number of halogens is 1. The summed E-state index contributed by atoms with van der Waals surface area (Å²) in [6, 6.07) is 8.24. The van der Waals surface area contributed by atoms with Gasteiger partial charge in [-0.1, -0.05) is 17.7 Å². The number of nitrogens with zero attached hydrogens (tertiary/aromatic N) is 2. The third kappa shape index (κ3) is 3.23. The van der Waals surface area contributed by atoms with Gasteiger partial charge in [-0.05, 0) is 30.3 Å². The second kappa shape index (κ2) is 6.82. The molecule has 0 atom stereocenters. The van der Waals surface area contributed by atoms with Gasteiger partial charge in [0.1, 0.15) is 0 Å². The Morgan fingerprint density at radius 1 is 1.24 bits per heavy atom. The summed E-state index contributed by atoms with van der Waals surface area (Å²) in [4.78, 5) is 40.8. The van der Waals surface area contributed by atoms with Crippen molar-refractivity contribution in [2.75, 3.05) is 13.6 Å². The summed E-state index contributed by atoms with van der Waals surface area (Å²) in [5, 5.41) is 0. The molecule has 1 aliphatic heterocycles. The minimum atomic E-state index is -0.401. The molecule has 1 aromatic carbocycles. The lowest BCUT2D eigenvalue weighted by atomic mass is 10.0. The van der Waals surface area contributed by atoms with Gasteiger partial charge in [0.2, 0.25) is 0 Å². The molecule has 0 radical (unpaired) electrons. The molecule has 3 rings (SSSR count). The molecule has 0 saturated carbocycles. The van der Waals surface area contributed by atoms with Crippen molar-refractivity contribution in [1.29, 1.82) is 0 Å². The highest BCUT2D eigenvalue weighted by Crippen LogP contribution is 2.26. The summed E-state index contributed by atoms with van der Waals surface area (Å²) in [5.41, 5.74) is 0.937. The van der Waals surface area contributed by atoms with Crippen molar-refractivity contribution in [1.82, 2.24) is 9.80 Å². The number of carbonyl (C=O) groups is 3. The van der Waals surface area contributed by atoms with Crippen molar-refractivity contribution in [3.05, 3.63) is 68.9 Å². The molecule has 3 amide bonds. The maximum atomic E-state index is 12.6. The van der Waals surface area contributed by atoms with E-state index in [0.717, 1.165) is 9.78 Å². The van der Waals surface area contributed by atoms with Gasteiger partial charge in [-0.15, -0.1) is 17.9 Å². The fourth-order valence-corrected chi connectivity index (χ4v) is 3.82. The molecule has 0 saturated heterocycles. The number of rotatable bonds is 5. The molecule has 1 aliphatic rings. The second-order valence-corrected chi connectivity index (χ2v) is 7.44. The number of benzene rings is 1. The maximum Gasteiger partial charge on any atom is 0.261 e. The van der Waals surface area contributed by atoms with Crippen LogP contribution in [0.2, 0.25) is 4.34 Å². The number of carbonyl (C=O) groups excluding carboxylic acids is 3. The Bertz CT molecular complexity index is 890. The van der Waals surface area contributed by atoms with Crippen molar-refractivity contribution in [2.24, 2.45) is 0 Å².